The van der Waals surface area contributed by atoms with Gasteiger partial charge in [0.1, 0.15) is 17.7 Å². The van der Waals surface area contributed by atoms with E-state index in [4.69, 9.17) is 15.1 Å². The fourth-order valence-electron chi connectivity index (χ4n) is 0.968. The Labute approximate surface area is 98.2 Å². The van der Waals surface area contributed by atoms with Crippen molar-refractivity contribution in [1.82, 2.24) is 0 Å². The fourth-order valence-corrected chi connectivity index (χ4v) is 1.45. The first-order chi connectivity index (χ1) is 7.97. The van der Waals surface area contributed by atoms with Gasteiger partial charge in [0.05, 0.1) is 4.90 Å². The van der Waals surface area contributed by atoms with Gasteiger partial charge >= 0.3 is 0 Å². The summed E-state index contributed by atoms with van der Waals surface area (Å²) in [5.41, 5.74) is 0.379. The summed E-state index contributed by atoms with van der Waals surface area (Å²) in [5, 5.41) is 19.6. The second-order valence-corrected chi connectivity index (χ2v) is 4.35. The third-order valence-electron chi connectivity index (χ3n) is 1.78. The molecule has 86 valence electrons. The van der Waals surface area contributed by atoms with Crippen LogP contribution in [-0.2, 0) is 10.1 Å². The molecule has 7 heteroatoms. The molecule has 1 aromatic carbocycles. The average molecular weight is 249 g/mol. The van der Waals surface area contributed by atoms with E-state index in [9.17, 15) is 8.42 Å². The van der Waals surface area contributed by atoms with Crippen LogP contribution >= 0.6 is 0 Å². The van der Waals surface area contributed by atoms with E-state index in [2.05, 4.69) is 5.32 Å². The van der Waals surface area contributed by atoms with E-state index in [1.54, 1.807) is 12.1 Å². The molecular formula is C10H7N3O3S. The van der Waals surface area contributed by atoms with Gasteiger partial charge in [-0.3, -0.25) is 4.55 Å². The number of benzene rings is 1. The predicted molar refractivity (Wildman–Crippen MR) is 59.2 cm³/mol. The van der Waals surface area contributed by atoms with Gasteiger partial charge < -0.3 is 5.32 Å². The van der Waals surface area contributed by atoms with Crippen molar-refractivity contribution < 1.29 is 13.0 Å². The highest BCUT2D eigenvalue weighted by Gasteiger charge is 2.07. The van der Waals surface area contributed by atoms with Crippen LogP contribution in [0.3, 0.4) is 0 Å². The number of anilines is 1. The van der Waals surface area contributed by atoms with E-state index in [0.29, 0.717) is 5.69 Å². The maximum Gasteiger partial charge on any atom is 0.294 e. The summed E-state index contributed by atoms with van der Waals surface area (Å²) in [5.74, 6) is 0. The number of hydrogen-bond donors (Lipinski definition) is 2. The number of allylic oxidation sites excluding steroid dienone is 1. The van der Waals surface area contributed by atoms with E-state index in [0.717, 1.165) is 0 Å². The van der Waals surface area contributed by atoms with E-state index in [1.807, 2.05) is 0 Å². The monoisotopic (exact) mass is 249 g/mol. The second kappa shape index (κ2) is 5.12. The predicted octanol–water partition coefficient (Wildman–Crippen LogP) is 1.28. The van der Waals surface area contributed by atoms with Gasteiger partial charge in [0.15, 0.2) is 0 Å². The lowest BCUT2D eigenvalue weighted by atomic mass is 10.3. The summed E-state index contributed by atoms with van der Waals surface area (Å²) < 4.78 is 30.2. The average Bonchev–Trinajstić information content (AvgIpc) is 2.30. The number of nitrogens with one attached hydrogen (secondary N) is 1. The normalized spacial score (nSPS) is 9.82. The van der Waals surface area contributed by atoms with Crippen molar-refractivity contribution in [3.05, 3.63) is 36.0 Å². The molecule has 0 aromatic heterocycles. The molecule has 0 amide bonds. The minimum Gasteiger partial charge on any atom is -0.360 e. The summed E-state index contributed by atoms with van der Waals surface area (Å²) in [4.78, 5) is -0.229. The number of nitriles is 2. The van der Waals surface area contributed by atoms with Crippen LogP contribution in [0.4, 0.5) is 5.69 Å². The highest BCUT2D eigenvalue weighted by Crippen LogP contribution is 2.13. The molecule has 0 bridgehead atoms. The van der Waals surface area contributed by atoms with Gasteiger partial charge in [0.25, 0.3) is 10.1 Å². The van der Waals surface area contributed by atoms with Crippen molar-refractivity contribution in [3.63, 3.8) is 0 Å². The summed E-state index contributed by atoms with van der Waals surface area (Å²) in [6, 6.07) is 8.50. The first-order valence-electron chi connectivity index (χ1n) is 4.32. The number of hydrogen-bond acceptors (Lipinski definition) is 5. The Morgan fingerprint density at radius 2 is 1.76 bits per heavy atom. The smallest absolute Gasteiger partial charge is 0.294 e. The van der Waals surface area contributed by atoms with Crippen molar-refractivity contribution in [2.45, 2.75) is 4.90 Å². The molecule has 0 spiro atoms. The van der Waals surface area contributed by atoms with Crippen LogP contribution in [0.25, 0.3) is 0 Å². The van der Waals surface area contributed by atoms with E-state index in [1.165, 1.54) is 30.5 Å². The minimum atomic E-state index is -4.21. The first-order valence-corrected chi connectivity index (χ1v) is 5.76. The molecule has 17 heavy (non-hydrogen) atoms. The van der Waals surface area contributed by atoms with Crippen LogP contribution in [0.2, 0.25) is 0 Å². The molecule has 1 rings (SSSR count). The summed E-state index contributed by atoms with van der Waals surface area (Å²) in [6.45, 7) is 0. The molecule has 0 aliphatic carbocycles. The van der Waals surface area contributed by atoms with Crippen molar-refractivity contribution >= 4 is 15.8 Å². The van der Waals surface area contributed by atoms with Gasteiger partial charge in [-0.25, -0.2) is 0 Å². The third-order valence-corrected chi connectivity index (χ3v) is 2.64. The topological polar surface area (TPSA) is 114 Å². The van der Waals surface area contributed by atoms with Gasteiger partial charge in [0, 0.05) is 11.9 Å². The van der Waals surface area contributed by atoms with Crippen LogP contribution < -0.4 is 5.32 Å². The largest absolute Gasteiger partial charge is 0.360 e. The SMILES string of the molecule is N#CC(C#N)=CNc1ccc(S(=O)(=O)O)cc1. The summed E-state index contributed by atoms with van der Waals surface area (Å²) >= 11 is 0. The first kappa shape index (κ1) is 12.7. The lowest BCUT2D eigenvalue weighted by Gasteiger charge is -2.01. The molecule has 0 aliphatic heterocycles. The van der Waals surface area contributed by atoms with Gasteiger partial charge in [-0.2, -0.15) is 18.9 Å². The molecular weight excluding hydrogens is 242 g/mol. The zero-order valence-corrected chi connectivity index (χ0v) is 9.27. The summed E-state index contributed by atoms with van der Waals surface area (Å²) in [6.07, 6.45) is 1.20. The van der Waals surface area contributed by atoms with Gasteiger partial charge in [-0.05, 0) is 24.3 Å². The molecule has 1 aromatic rings. The number of nitrogens with zero attached hydrogens (tertiary/aromatic N) is 2. The van der Waals surface area contributed by atoms with Crippen LogP contribution in [-0.4, -0.2) is 13.0 Å². The zero-order valence-electron chi connectivity index (χ0n) is 8.45. The van der Waals surface area contributed by atoms with Crippen LogP contribution in [0.15, 0.2) is 40.9 Å². The number of rotatable bonds is 3. The lowest BCUT2D eigenvalue weighted by Crippen LogP contribution is -1.98. The van der Waals surface area contributed by atoms with Crippen LogP contribution in [0, 0.1) is 22.7 Å². The van der Waals surface area contributed by atoms with E-state index >= 15 is 0 Å². The molecule has 2 N–H and O–H groups in total. The van der Waals surface area contributed by atoms with Gasteiger partial charge in [-0.1, -0.05) is 0 Å². The Hall–Kier alpha value is -2.35. The molecule has 0 saturated heterocycles. The molecule has 0 heterocycles. The Balaban J connectivity index is 2.89. The Morgan fingerprint density at radius 1 is 1.24 bits per heavy atom. The van der Waals surface area contributed by atoms with E-state index in [-0.39, 0.29) is 10.5 Å². The molecule has 0 fully saturated rings. The second-order valence-electron chi connectivity index (χ2n) is 2.93. The minimum absolute atomic E-state index is 0.108. The highest BCUT2D eigenvalue weighted by molar-refractivity contribution is 7.85. The van der Waals surface area contributed by atoms with E-state index < -0.39 is 10.1 Å². The Morgan fingerprint density at radius 3 is 2.18 bits per heavy atom. The van der Waals surface area contributed by atoms with Crippen LogP contribution in [0.1, 0.15) is 0 Å². The molecule has 0 atom stereocenters. The van der Waals surface area contributed by atoms with Crippen molar-refractivity contribution in [3.8, 4) is 12.1 Å². The Kier molecular flexibility index (Phi) is 3.83. The van der Waals surface area contributed by atoms with Gasteiger partial charge in [0.2, 0.25) is 0 Å². The van der Waals surface area contributed by atoms with Crippen molar-refractivity contribution in [1.29, 1.82) is 10.5 Å². The molecule has 0 unspecified atom stereocenters. The van der Waals surface area contributed by atoms with Crippen molar-refractivity contribution in [2.24, 2.45) is 0 Å². The molecule has 0 radical (unpaired) electrons. The summed E-state index contributed by atoms with van der Waals surface area (Å²) in [7, 11) is -4.21. The maximum absolute atomic E-state index is 10.7. The molecule has 0 aliphatic rings. The quantitative estimate of drug-likeness (QED) is 0.616. The zero-order chi connectivity index (χ0) is 12.9. The maximum atomic E-state index is 10.7. The van der Waals surface area contributed by atoms with Crippen molar-refractivity contribution in [2.75, 3.05) is 5.32 Å². The van der Waals surface area contributed by atoms with Crippen LogP contribution in [0.5, 0.6) is 0 Å². The Bertz CT molecular complexity index is 602. The molecule has 6 nitrogen and oxygen atoms in total. The highest BCUT2D eigenvalue weighted by atomic mass is 32.2. The van der Waals surface area contributed by atoms with Gasteiger partial charge in [-0.15, -0.1) is 0 Å². The fraction of sp³-hybridized carbons (Fsp3) is 0. The lowest BCUT2D eigenvalue weighted by molar-refractivity contribution is 0.483. The molecule has 0 saturated carbocycles. The standard InChI is InChI=1S/C10H7N3O3S/c11-5-8(6-12)7-13-9-1-3-10(4-2-9)17(14,15)16/h1-4,7,13H,(H,14,15,16). The third kappa shape index (κ3) is 3.61.